The van der Waals surface area contributed by atoms with Gasteiger partial charge in [-0.05, 0) is 32.1 Å². The number of rotatable bonds is 5. The topological polar surface area (TPSA) is 56.2 Å². The van der Waals surface area contributed by atoms with Crippen LogP contribution in [0.25, 0.3) is 0 Å². The molecule has 1 aliphatic heterocycles. The molecular formula is C15H21N3O2. The molecule has 0 aromatic carbocycles. The molecular weight excluding hydrogens is 254 g/mol. The second kappa shape index (κ2) is 5.69. The molecule has 2 aliphatic rings. The Labute approximate surface area is 119 Å². The highest BCUT2D eigenvalue weighted by Gasteiger charge is 2.43. The van der Waals surface area contributed by atoms with Gasteiger partial charge < -0.3 is 14.6 Å². The first-order chi connectivity index (χ1) is 9.78. The third-order valence-electron chi connectivity index (χ3n) is 4.18. The summed E-state index contributed by atoms with van der Waals surface area (Å²) in [6, 6.07) is 0. The fourth-order valence-corrected chi connectivity index (χ4v) is 3.14. The average Bonchev–Trinajstić information content (AvgIpc) is 3.05. The predicted octanol–water partition coefficient (Wildman–Crippen LogP) is 2.01. The van der Waals surface area contributed by atoms with Gasteiger partial charge in [0.1, 0.15) is 0 Å². The maximum Gasteiger partial charge on any atom is 0.333 e. The van der Waals surface area contributed by atoms with Crippen molar-refractivity contribution >= 4 is 5.97 Å². The Kier molecular flexibility index (Phi) is 3.76. The van der Waals surface area contributed by atoms with E-state index in [1.807, 2.05) is 12.5 Å². The van der Waals surface area contributed by atoms with Crippen LogP contribution in [0.2, 0.25) is 0 Å². The number of nitrogens with zero attached hydrogens (tertiary/aromatic N) is 2. The van der Waals surface area contributed by atoms with Gasteiger partial charge in [0.05, 0.1) is 12.0 Å². The summed E-state index contributed by atoms with van der Waals surface area (Å²) in [5.74, 6) is -0.191. The van der Waals surface area contributed by atoms with Crippen LogP contribution in [0.15, 0.2) is 30.5 Å². The van der Waals surface area contributed by atoms with Gasteiger partial charge in [0.25, 0.3) is 0 Å². The fourth-order valence-electron chi connectivity index (χ4n) is 3.14. The van der Waals surface area contributed by atoms with E-state index in [4.69, 9.17) is 4.74 Å². The fraction of sp³-hybridized carbons (Fsp3) is 0.600. The Hall–Kier alpha value is -1.78. The van der Waals surface area contributed by atoms with Crippen molar-refractivity contribution in [1.82, 2.24) is 14.9 Å². The minimum Gasteiger partial charge on any atom is -0.449 e. The number of carbonyl (C=O) groups is 1. The Bertz CT molecular complexity index is 487. The van der Waals surface area contributed by atoms with Gasteiger partial charge >= 0.3 is 5.97 Å². The van der Waals surface area contributed by atoms with Crippen LogP contribution in [0.3, 0.4) is 0 Å². The molecule has 1 fully saturated rings. The van der Waals surface area contributed by atoms with E-state index in [9.17, 15) is 4.79 Å². The molecule has 0 radical (unpaired) electrons. The Morgan fingerprint density at radius 3 is 2.95 bits per heavy atom. The summed E-state index contributed by atoms with van der Waals surface area (Å²) in [7, 11) is 0. The van der Waals surface area contributed by atoms with E-state index in [1.54, 1.807) is 12.3 Å². The van der Waals surface area contributed by atoms with Crippen LogP contribution >= 0.6 is 0 Å². The zero-order valence-corrected chi connectivity index (χ0v) is 11.7. The number of aryl methyl sites for hydroxylation is 1. The summed E-state index contributed by atoms with van der Waals surface area (Å²) in [6.45, 7) is 1.78. The lowest BCUT2D eigenvalue weighted by atomic mass is 9.83. The molecule has 0 saturated heterocycles. The zero-order chi connectivity index (χ0) is 13.8. The lowest BCUT2D eigenvalue weighted by Gasteiger charge is -2.34. The minimum absolute atomic E-state index is 0.191. The van der Waals surface area contributed by atoms with E-state index in [2.05, 4.69) is 14.9 Å². The monoisotopic (exact) mass is 275 g/mol. The Morgan fingerprint density at radius 1 is 1.35 bits per heavy atom. The molecule has 5 nitrogen and oxygen atoms in total. The number of esters is 1. The van der Waals surface area contributed by atoms with E-state index >= 15 is 0 Å². The van der Waals surface area contributed by atoms with Crippen LogP contribution in [-0.2, 0) is 16.1 Å². The van der Waals surface area contributed by atoms with E-state index in [0.717, 1.165) is 50.9 Å². The second-order valence-electron chi connectivity index (χ2n) is 5.61. The molecule has 0 atom stereocenters. The first kappa shape index (κ1) is 13.2. The molecule has 0 unspecified atom stereocenters. The number of imidazole rings is 1. The molecule has 1 aromatic heterocycles. The van der Waals surface area contributed by atoms with Gasteiger partial charge in [0, 0.05) is 31.6 Å². The molecule has 1 N–H and O–H groups in total. The van der Waals surface area contributed by atoms with Crippen molar-refractivity contribution in [3.05, 3.63) is 30.5 Å². The van der Waals surface area contributed by atoms with Crippen molar-refractivity contribution in [2.24, 2.45) is 0 Å². The molecule has 2 heterocycles. The minimum atomic E-state index is -0.343. The van der Waals surface area contributed by atoms with Crippen LogP contribution in [0.4, 0.5) is 0 Å². The molecule has 3 rings (SSSR count). The number of nitrogens with one attached hydrogen (secondary N) is 1. The van der Waals surface area contributed by atoms with E-state index in [1.165, 1.54) is 6.42 Å². The summed E-state index contributed by atoms with van der Waals surface area (Å²) in [5, 5.41) is 3.42. The predicted molar refractivity (Wildman–Crippen MR) is 74.8 cm³/mol. The van der Waals surface area contributed by atoms with Crippen molar-refractivity contribution in [2.75, 3.05) is 6.54 Å². The molecule has 0 amide bonds. The molecule has 20 heavy (non-hydrogen) atoms. The summed E-state index contributed by atoms with van der Waals surface area (Å²) in [5.41, 5.74) is 0.650. The number of hydrogen-bond donors (Lipinski definition) is 1. The van der Waals surface area contributed by atoms with Crippen molar-refractivity contribution in [1.29, 1.82) is 0 Å². The molecule has 1 spiro atoms. The maximum atomic E-state index is 11.6. The van der Waals surface area contributed by atoms with Crippen molar-refractivity contribution in [3.8, 4) is 0 Å². The van der Waals surface area contributed by atoms with Gasteiger partial charge in [-0.2, -0.15) is 0 Å². The zero-order valence-electron chi connectivity index (χ0n) is 11.7. The lowest BCUT2D eigenvalue weighted by molar-refractivity contribution is -0.148. The highest BCUT2D eigenvalue weighted by Crippen LogP contribution is 2.39. The van der Waals surface area contributed by atoms with E-state index in [0.29, 0.717) is 0 Å². The van der Waals surface area contributed by atoms with Crippen LogP contribution in [0, 0.1) is 0 Å². The highest BCUT2D eigenvalue weighted by molar-refractivity contribution is 5.86. The Morgan fingerprint density at radius 2 is 2.20 bits per heavy atom. The average molecular weight is 275 g/mol. The Balaban J connectivity index is 1.52. The van der Waals surface area contributed by atoms with Gasteiger partial charge in [-0.1, -0.05) is 6.42 Å². The highest BCUT2D eigenvalue weighted by atomic mass is 16.6. The first-order valence-electron chi connectivity index (χ1n) is 7.43. The number of hydrogen-bond acceptors (Lipinski definition) is 4. The lowest BCUT2D eigenvalue weighted by Crippen LogP contribution is -2.40. The smallest absolute Gasteiger partial charge is 0.333 e. The van der Waals surface area contributed by atoms with Gasteiger partial charge in [-0.3, -0.25) is 0 Å². The van der Waals surface area contributed by atoms with Gasteiger partial charge in [-0.25, -0.2) is 9.78 Å². The second-order valence-corrected chi connectivity index (χ2v) is 5.61. The van der Waals surface area contributed by atoms with Crippen LogP contribution < -0.4 is 5.32 Å². The third-order valence-corrected chi connectivity index (χ3v) is 4.18. The molecule has 0 bridgehead atoms. The van der Waals surface area contributed by atoms with Crippen LogP contribution in [0.5, 0.6) is 0 Å². The summed E-state index contributed by atoms with van der Waals surface area (Å²) >= 11 is 0. The quantitative estimate of drug-likeness (QED) is 0.659. The normalized spacial score (nSPS) is 20.8. The summed E-state index contributed by atoms with van der Waals surface area (Å²) in [6.07, 6.45) is 13.7. The largest absolute Gasteiger partial charge is 0.449 e. The van der Waals surface area contributed by atoms with Crippen molar-refractivity contribution in [3.63, 3.8) is 0 Å². The standard InChI is InChI=1S/C15H21N3O2/c19-14-11-13(15(20-14)5-2-1-3-6-15)17-7-4-9-18-10-8-16-12-18/h8,10-12,17H,1-7,9H2. The number of carbonyl (C=O) groups excluding carboxylic acids is 1. The SMILES string of the molecule is O=C1C=C(NCCCn2ccnc2)C2(CCCCC2)O1. The van der Waals surface area contributed by atoms with Gasteiger partial charge in [0.15, 0.2) is 5.60 Å². The molecule has 1 saturated carbocycles. The van der Waals surface area contributed by atoms with Crippen LogP contribution in [-0.4, -0.2) is 27.7 Å². The third kappa shape index (κ3) is 2.71. The summed E-state index contributed by atoms with van der Waals surface area (Å²) in [4.78, 5) is 15.6. The molecule has 108 valence electrons. The molecule has 5 heteroatoms. The van der Waals surface area contributed by atoms with Crippen molar-refractivity contribution in [2.45, 2.75) is 50.7 Å². The van der Waals surface area contributed by atoms with Crippen LogP contribution in [0.1, 0.15) is 38.5 Å². The van der Waals surface area contributed by atoms with Gasteiger partial charge in [-0.15, -0.1) is 0 Å². The van der Waals surface area contributed by atoms with Crippen molar-refractivity contribution < 1.29 is 9.53 Å². The number of aromatic nitrogens is 2. The summed E-state index contributed by atoms with van der Waals surface area (Å²) < 4.78 is 7.65. The molecule has 1 aliphatic carbocycles. The van der Waals surface area contributed by atoms with E-state index in [-0.39, 0.29) is 11.6 Å². The molecule has 1 aromatic rings. The first-order valence-corrected chi connectivity index (χ1v) is 7.43. The number of ether oxygens (including phenoxy) is 1. The maximum absolute atomic E-state index is 11.6. The van der Waals surface area contributed by atoms with E-state index < -0.39 is 0 Å². The van der Waals surface area contributed by atoms with Gasteiger partial charge in [0.2, 0.25) is 0 Å².